The standard InChI is InChI=1S/C11H21N/c1-8-5-10(7-12)6-11(3,4)9(8)2/h5,9-10H,6-7,12H2,1-4H3/t9-,10+/m0/s1. The van der Waals surface area contributed by atoms with Crippen molar-refractivity contribution in [2.75, 3.05) is 6.54 Å². The fourth-order valence-electron chi connectivity index (χ4n) is 2.20. The highest BCUT2D eigenvalue weighted by Gasteiger charge is 2.32. The maximum absolute atomic E-state index is 5.69. The first-order valence-electron chi connectivity index (χ1n) is 4.86. The Morgan fingerprint density at radius 2 is 2.17 bits per heavy atom. The lowest BCUT2D eigenvalue weighted by Gasteiger charge is -2.39. The van der Waals surface area contributed by atoms with Gasteiger partial charge in [-0.05, 0) is 37.1 Å². The van der Waals surface area contributed by atoms with Crippen LogP contribution in [0.2, 0.25) is 0 Å². The van der Waals surface area contributed by atoms with Crippen LogP contribution in [-0.2, 0) is 0 Å². The predicted molar refractivity (Wildman–Crippen MR) is 53.9 cm³/mol. The van der Waals surface area contributed by atoms with Gasteiger partial charge in [0.2, 0.25) is 0 Å². The lowest BCUT2D eigenvalue weighted by Crippen LogP contribution is -2.32. The van der Waals surface area contributed by atoms with E-state index in [0.717, 1.165) is 6.54 Å². The zero-order valence-corrected chi connectivity index (χ0v) is 8.72. The zero-order valence-electron chi connectivity index (χ0n) is 8.72. The maximum Gasteiger partial charge on any atom is -0.00139 e. The molecule has 0 saturated carbocycles. The van der Waals surface area contributed by atoms with Crippen LogP contribution in [0.25, 0.3) is 0 Å². The Morgan fingerprint density at radius 3 is 2.58 bits per heavy atom. The molecule has 0 heterocycles. The molecule has 0 saturated heterocycles. The minimum Gasteiger partial charge on any atom is -0.330 e. The van der Waals surface area contributed by atoms with E-state index < -0.39 is 0 Å². The van der Waals surface area contributed by atoms with E-state index in [4.69, 9.17) is 5.73 Å². The van der Waals surface area contributed by atoms with Crippen LogP contribution in [0.1, 0.15) is 34.1 Å². The van der Waals surface area contributed by atoms with E-state index >= 15 is 0 Å². The summed E-state index contributed by atoms with van der Waals surface area (Å²) in [5, 5.41) is 0. The largest absolute Gasteiger partial charge is 0.330 e. The molecule has 0 aromatic rings. The minimum absolute atomic E-state index is 0.433. The van der Waals surface area contributed by atoms with Crippen molar-refractivity contribution in [3.63, 3.8) is 0 Å². The lowest BCUT2D eigenvalue weighted by atomic mass is 9.66. The molecule has 0 radical (unpaired) electrons. The molecule has 0 amide bonds. The lowest BCUT2D eigenvalue weighted by molar-refractivity contribution is 0.198. The van der Waals surface area contributed by atoms with Gasteiger partial charge in [0, 0.05) is 0 Å². The average molecular weight is 167 g/mol. The molecular weight excluding hydrogens is 146 g/mol. The van der Waals surface area contributed by atoms with Gasteiger partial charge in [0.25, 0.3) is 0 Å². The van der Waals surface area contributed by atoms with E-state index in [1.807, 2.05) is 0 Å². The van der Waals surface area contributed by atoms with E-state index in [9.17, 15) is 0 Å². The van der Waals surface area contributed by atoms with Gasteiger partial charge in [-0.1, -0.05) is 32.4 Å². The summed E-state index contributed by atoms with van der Waals surface area (Å²) < 4.78 is 0. The van der Waals surface area contributed by atoms with E-state index in [2.05, 4.69) is 33.8 Å². The number of hydrogen-bond donors (Lipinski definition) is 1. The van der Waals surface area contributed by atoms with Crippen molar-refractivity contribution in [2.24, 2.45) is 23.0 Å². The summed E-state index contributed by atoms with van der Waals surface area (Å²) in [5.74, 6) is 1.32. The molecule has 0 aromatic heterocycles. The first kappa shape index (κ1) is 9.79. The zero-order chi connectivity index (χ0) is 9.35. The number of rotatable bonds is 1. The van der Waals surface area contributed by atoms with E-state index in [1.165, 1.54) is 12.0 Å². The Kier molecular flexibility index (Phi) is 2.62. The molecule has 0 bridgehead atoms. The van der Waals surface area contributed by atoms with Gasteiger partial charge < -0.3 is 5.73 Å². The number of allylic oxidation sites excluding steroid dienone is 1. The Bertz CT molecular complexity index is 191. The maximum atomic E-state index is 5.69. The summed E-state index contributed by atoms with van der Waals surface area (Å²) in [6.07, 6.45) is 3.60. The quantitative estimate of drug-likeness (QED) is 0.597. The van der Waals surface area contributed by atoms with Gasteiger partial charge in [0.1, 0.15) is 0 Å². The van der Waals surface area contributed by atoms with Crippen molar-refractivity contribution >= 4 is 0 Å². The van der Waals surface area contributed by atoms with Crippen LogP contribution in [-0.4, -0.2) is 6.54 Å². The van der Waals surface area contributed by atoms with Crippen LogP contribution in [0.15, 0.2) is 11.6 Å². The molecule has 1 aliphatic rings. The fraction of sp³-hybridized carbons (Fsp3) is 0.818. The normalized spacial score (nSPS) is 34.6. The first-order chi connectivity index (χ1) is 5.47. The molecule has 0 aromatic carbocycles. The third kappa shape index (κ3) is 1.71. The molecule has 1 rings (SSSR count). The minimum atomic E-state index is 0.433. The summed E-state index contributed by atoms with van der Waals surface area (Å²) in [7, 11) is 0. The molecule has 0 unspecified atom stereocenters. The molecule has 12 heavy (non-hydrogen) atoms. The Hall–Kier alpha value is -0.300. The summed E-state index contributed by atoms with van der Waals surface area (Å²) in [5.41, 5.74) is 7.64. The molecule has 1 aliphatic carbocycles. The predicted octanol–water partition coefficient (Wildman–Crippen LogP) is 2.57. The van der Waals surface area contributed by atoms with Crippen molar-refractivity contribution in [2.45, 2.75) is 34.1 Å². The SMILES string of the molecule is CC1=C[C@@H](CN)CC(C)(C)[C@H]1C. The van der Waals surface area contributed by atoms with Crippen molar-refractivity contribution in [3.05, 3.63) is 11.6 Å². The van der Waals surface area contributed by atoms with Crippen LogP contribution >= 0.6 is 0 Å². The highest BCUT2D eigenvalue weighted by atomic mass is 14.6. The highest BCUT2D eigenvalue weighted by molar-refractivity contribution is 5.13. The smallest absolute Gasteiger partial charge is 0.00139 e. The molecule has 2 N–H and O–H groups in total. The molecule has 0 aliphatic heterocycles. The van der Waals surface area contributed by atoms with Crippen LogP contribution in [0.4, 0.5) is 0 Å². The second kappa shape index (κ2) is 3.21. The topological polar surface area (TPSA) is 26.0 Å². The average Bonchev–Trinajstić information content (AvgIpc) is 1.99. The Labute approximate surface area is 76.0 Å². The van der Waals surface area contributed by atoms with Crippen LogP contribution < -0.4 is 5.73 Å². The highest BCUT2D eigenvalue weighted by Crippen LogP contribution is 2.42. The summed E-state index contributed by atoms with van der Waals surface area (Å²) in [4.78, 5) is 0. The molecule has 70 valence electrons. The third-order valence-corrected chi connectivity index (χ3v) is 3.44. The second-order valence-electron chi connectivity index (χ2n) is 4.82. The van der Waals surface area contributed by atoms with Crippen LogP contribution in [0, 0.1) is 17.3 Å². The van der Waals surface area contributed by atoms with E-state index in [1.54, 1.807) is 0 Å². The van der Waals surface area contributed by atoms with Gasteiger partial charge in [0.05, 0.1) is 0 Å². The van der Waals surface area contributed by atoms with Crippen molar-refractivity contribution in [1.82, 2.24) is 0 Å². The molecular formula is C11H21N. The van der Waals surface area contributed by atoms with E-state index in [0.29, 0.717) is 17.3 Å². The molecule has 0 fully saturated rings. The van der Waals surface area contributed by atoms with Crippen molar-refractivity contribution in [3.8, 4) is 0 Å². The molecule has 1 heteroatoms. The van der Waals surface area contributed by atoms with Crippen molar-refractivity contribution in [1.29, 1.82) is 0 Å². The molecule has 0 spiro atoms. The monoisotopic (exact) mass is 167 g/mol. The molecule has 2 atom stereocenters. The van der Waals surface area contributed by atoms with Gasteiger partial charge in [-0.15, -0.1) is 0 Å². The summed E-state index contributed by atoms with van der Waals surface area (Å²) in [6.45, 7) is 10.0. The van der Waals surface area contributed by atoms with Gasteiger partial charge >= 0.3 is 0 Å². The Morgan fingerprint density at radius 1 is 1.58 bits per heavy atom. The van der Waals surface area contributed by atoms with Crippen molar-refractivity contribution < 1.29 is 0 Å². The van der Waals surface area contributed by atoms with Gasteiger partial charge in [-0.2, -0.15) is 0 Å². The van der Waals surface area contributed by atoms with Gasteiger partial charge in [0.15, 0.2) is 0 Å². The summed E-state index contributed by atoms with van der Waals surface area (Å²) >= 11 is 0. The number of nitrogens with two attached hydrogens (primary N) is 1. The van der Waals surface area contributed by atoms with Gasteiger partial charge in [-0.25, -0.2) is 0 Å². The van der Waals surface area contributed by atoms with E-state index in [-0.39, 0.29) is 0 Å². The van der Waals surface area contributed by atoms with Crippen LogP contribution in [0.3, 0.4) is 0 Å². The molecule has 1 nitrogen and oxygen atoms in total. The van der Waals surface area contributed by atoms with Gasteiger partial charge in [-0.3, -0.25) is 0 Å². The second-order valence-corrected chi connectivity index (χ2v) is 4.82. The number of hydrogen-bond acceptors (Lipinski definition) is 1. The van der Waals surface area contributed by atoms with Crippen LogP contribution in [0.5, 0.6) is 0 Å². The fourth-order valence-corrected chi connectivity index (χ4v) is 2.20. The Balaban J connectivity index is 2.84. The summed E-state index contributed by atoms with van der Waals surface area (Å²) in [6, 6.07) is 0. The first-order valence-corrected chi connectivity index (χ1v) is 4.86. The third-order valence-electron chi connectivity index (χ3n) is 3.44.